The average molecular weight is 306 g/mol. The van der Waals surface area contributed by atoms with E-state index in [9.17, 15) is 18.3 Å². The molecule has 1 aromatic heterocycles. The van der Waals surface area contributed by atoms with Crippen molar-refractivity contribution in [2.75, 3.05) is 0 Å². The maximum Gasteiger partial charge on any atom is 0.356 e. The van der Waals surface area contributed by atoms with Crippen LogP contribution in [0.15, 0.2) is 9.72 Å². The summed E-state index contributed by atoms with van der Waals surface area (Å²) in [6, 6.07) is -0.567. The molecule has 0 bridgehead atoms. The Morgan fingerprint density at radius 1 is 1.42 bits per heavy atom. The van der Waals surface area contributed by atoms with Crippen LogP contribution in [0.1, 0.15) is 36.2 Å². The Bertz CT molecular complexity index is 568. The number of carboxylic acid groups (broad SMARTS) is 1. The van der Waals surface area contributed by atoms with E-state index in [1.54, 1.807) is 0 Å². The predicted molar refractivity (Wildman–Crippen MR) is 67.7 cm³/mol. The predicted octanol–water partition coefficient (Wildman–Crippen LogP) is 0.423. The summed E-state index contributed by atoms with van der Waals surface area (Å²) < 4.78 is 26.3. The fourth-order valence-electron chi connectivity index (χ4n) is 2.07. The van der Waals surface area contributed by atoms with Crippen molar-refractivity contribution in [1.29, 1.82) is 0 Å². The second kappa shape index (κ2) is 5.53. The molecule has 2 rings (SSSR count). The van der Waals surface area contributed by atoms with Crippen LogP contribution in [0.3, 0.4) is 0 Å². The molecule has 0 aliphatic heterocycles. The van der Waals surface area contributed by atoms with Gasteiger partial charge in [0.25, 0.3) is 10.0 Å². The van der Waals surface area contributed by atoms with E-state index in [0.717, 1.165) is 24.2 Å². The highest BCUT2D eigenvalue weighted by atomic mass is 32.2. The Labute approximate surface area is 114 Å². The quantitative estimate of drug-likeness (QED) is 0.742. The number of sulfonamides is 1. The highest BCUT2D eigenvalue weighted by molar-refractivity contribution is 7.91. The Kier molecular flexibility index (Phi) is 4.19. The maximum absolute atomic E-state index is 12.1. The lowest BCUT2D eigenvalue weighted by atomic mass is 9.93. The first-order valence-electron chi connectivity index (χ1n) is 5.79. The number of aliphatic hydroxyl groups is 1. The molecule has 1 aliphatic carbocycles. The fourth-order valence-corrected chi connectivity index (χ4v) is 4.53. The summed E-state index contributed by atoms with van der Waals surface area (Å²) in [5.41, 5.74) is 0.692. The first-order valence-corrected chi connectivity index (χ1v) is 8.15. The molecule has 0 aromatic carbocycles. The zero-order valence-corrected chi connectivity index (χ0v) is 11.6. The number of aromatic carboxylic acids is 1. The Morgan fingerprint density at radius 3 is 2.74 bits per heavy atom. The van der Waals surface area contributed by atoms with E-state index in [2.05, 4.69) is 9.71 Å². The Balaban J connectivity index is 2.22. The minimum absolute atomic E-state index is 0.322. The summed E-state index contributed by atoms with van der Waals surface area (Å²) in [5.74, 6) is -1.38. The summed E-state index contributed by atoms with van der Waals surface area (Å²) in [5, 5.41) is 18.6. The van der Waals surface area contributed by atoms with Gasteiger partial charge in [-0.25, -0.2) is 22.9 Å². The highest BCUT2D eigenvalue weighted by Crippen LogP contribution is 2.24. The van der Waals surface area contributed by atoms with Crippen LogP contribution in [0.25, 0.3) is 0 Å². The number of rotatable bonds is 4. The van der Waals surface area contributed by atoms with Crippen LogP contribution >= 0.6 is 11.3 Å². The number of aliphatic hydroxyl groups excluding tert-OH is 1. The average Bonchev–Trinajstić information content (AvgIpc) is 2.82. The molecule has 2 atom stereocenters. The lowest BCUT2D eigenvalue weighted by Crippen LogP contribution is -2.45. The standard InChI is InChI=1S/C10H14N2O5S2/c13-7-4-2-1-3-6(7)12-19(16,17)10-8(9(14)15)11-5-18-10/h5-7,12-13H,1-4H2,(H,14,15)/t6-,7-/m0/s1. The number of carboxylic acids is 1. The van der Waals surface area contributed by atoms with Crippen LogP contribution < -0.4 is 4.72 Å². The van der Waals surface area contributed by atoms with Gasteiger partial charge in [0, 0.05) is 6.04 Å². The maximum atomic E-state index is 12.1. The molecular formula is C10H14N2O5S2. The summed E-state index contributed by atoms with van der Waals surface area (Å²) in [6.07, 6.45) is 2.05. The van der Waals surface area contributed by atoms with Crippen LogP contribution in [-0.2, 0) is 10.0 Å². The monoisotopic (exact) mass is 306 g/mol. The van der Waals surface area contributed by atoms with Crippen molar-refractivity contribution in [3.8, 4) is 0 Å². The van der Waals surface area contributed by atoms with E-state index in [4.69, 9.17) is 5.11 Å². The van der Waals surface area contributed by atoms with Crippen molar-refractivity contribution >= 4 is 27.3 Å². The van der Waals surface area contributed by atoms with Crippen LogP contribution in [0, 0.1) is 0 Å². The second-order valence-electron chi connectivity index (χ2n) is 4.37. The molecule has 0 spiro atoms. The molecule has 1 fully saturated rings. The minimum atomic E-state index is -3.96. The summed E-state index contributed by atoms with van der Waals surface area (Å²) in [4.78, 5) is 14.4. The van der Waals surface area contributed by atoms with Crippen LogP contribution in [0.2, 0.25) is 0 Å². The third-order valence-corrected chi connectivity index (χ3v) is 5.88. The third kappa shape index (κ3) is 3.11. The van der Waals surface area contributed by atoms with Gasteiger partial charge in [-0.1, -0.05) is 12.8 Å². The molecule has 1 aliphatic rings. The molecule has 3 N–H and O–H groups in total. The number of aromatic nitrogens is 1. The lowest BCUT2D eigenvalue weighted by Gasteiger charge is -2.27. The lowest BCUT2D eigenvalue weighted by molar-refractivity contribution is 0.0687. The van der Waals surface area contributed by atoms with Gasteiger partial charge in [-0.15, -0.1) is 11.3 Å². The van der Waals surface area contributed by atoms with Crippen molar-refractivity contribution in [1.82, 2.24) is 9.71 Å². The van der Waals surface area contributed by atoms with E-state index in [0.29, 0.717) is 12.8 Å². The Hall–Kier alpha value is -1.03. The number of nitrogens with zero attached hydrogens (tertiary/aromatic N) is 1. The van der Waals surface area contributed by atoms with Crippen molar-refractivity contribution in [3.63, 3.8) is 0 Å². The smallest absolute Gasteiger partial charge is 0.356 e. The number of hydrogen-bond donors (Lipinski definition) is 3. The number of carbonyl (C=O) groups is 1. The van der Waals surface area contributed by atoms with Crippen molar-refractivity contribution in [2.24, 2.45) is 0 Å². The molecular weight excluding hydrogens is 292 g/mol. The summed E-state index contributed by atoms with van der Waals surface area (Å²) in [6.45, 7) is 0. The number of hydrogen-bond acceptors (Lipinski definition) is 6. The van der Waals surface area contributed by atoms with E-state index in [1.807, 2.05) is 0 Å². The number of nitrogens with one attached hydrogen (secondary N) is 1. The van der Waals surface area contributed by atoms with Gasteiger partial charge in [-0.2, -0.15) is 0 Å². The van der Waals surface area contributed by atoms with E-state index < -0.39 is 33.8 Å². The first kappa shape index (κ1) is 14.4. The molecule has 9 heteroatoms. The molecule has 1 aromatic rings. The zero-order chi connectivity index (χ0) is 14.0. The van der Waals surface area contributed by atoms with Gasteiger partial charge < -0.3 is 10.2 Å². The molecule has 0 saturated heterocycles. The molecule has 0 radical (unpaired) electrons. The zero-order valence-electron chi connectivity index (χ0n) is 9.94. The number of thiazole rings is 1. The molecule has 106 valence electrons. The van der Waals surface area contributed by atoms with E-state index in [-0.39, 0.29) is 4.21 Å². The van der Waals surface area contributed by atoms with Crippen molar-refractivity contribution in [3.05, 3.63) is 11.2 Å². The largest absolute Gasteiger partial charge is 0.476 e. The van der Waals surface area contributed by atoms with Crippen LogP contribution in [0.4, 0.5) is 0 Å². The van der Waals surface area contributed by atoms with Gasteiger partial charge >= 0.3 is 5.97 Å². The van der Waals surface area contributed by atoms with Crippen molar-refractivity contribution < 1.29 is 23.4 Å². The van der Waals surface area contributed by atoms with Gasteiger partial charge in [0.15, 0.2) is 9.90 Å². The Morgan fingerprint density at radius 2 is 2.11 bits per heavy atom. The molecule has 7 nitrogen and oxygen atoms in total. The summed E-state index contributed by atoms with van der Waals surface area (Å²) >= 11 is 0.751. The molecule has 0 unspecified atom stereocenters. The van der Waals surface area contributed by atoms with Crippen LogP contribution in [-0.4, -0.2) is 41.7 Å². The molecule has 1 heterocycles. The van der Waals surface area contributed by atoms with Gasteiger partial charge in [0.1, 0.15) is 0 Å². The third-order valence-electron chi connectivity index (χ3n) is 3.02. The molecule has 19 heavy (non-hydrogen) atoms. The van der Waals surface area contributed by atoms with Crippen LogP contribution in [0.5, 0.6) is 0 Å². The van der Waals surface area contributed by atoms with E-state index in [1.165, 1.54) is 5.51 Å². The van der Waals surface area contributed by atoms with Gasteiger partial charge in [0.2, 0.25) is 0 Å². The normalized spacial score (nSPS) is 24.3. The van der Waals surface area contributed by atoms with Crippen molar-refractivity contribution in [2.45, 2.75) is 42.0 Å². The molecule has 0 amide bonds. The molecule has 1 saturated carbocycles. The van der Waals surface area contributed by atoms with E-state index >= 15 is 0 Å². The van der Waals surface area contributed by atoms with Gasteiger partial charge in [0.05, 0.1) is 11.6 Å². The first-order chi connectivity index (χ1) is 8.92. The highest BCUT2D eigenvalue weighted by Gasteiger charge is 2.31. The minimum Gasteiger partial charge on any atom is -0.476 e. The summed E-state index contributed by atoms with van der Waals surface area (Å²) in [7, 11) is -3.96. The second-order valence-corrected chi connectivity index (χ2v) is 7.14. The van der Waals surface area contributed by atoms with Gasteiger partial charge in [-0.05, 0) is 12.8 Å². The fraction of sp³-hybridized carbons (Fsp3) is 0.600. The SMILES string of the molecule is O=C(O)c1ncsc1S(=O)(=O)N[C@H]1CCCC[C@@H]1O. The topological polar surface area (TPSA) is 117 Å². The van der Waals surface area contributed by atoms with Gasteiger partial charge in [-0.3, -0.25) is 0 Å².